The molecule has 0 amide bonds. The van der Waals surface area contributed by atoms with Gasteiger partial charge in [-0.05, 0) is 18.2 Å². The van der Waals surface area contributed by atoms with Gasteiger partial charge in [0, 0.05) is 17.6 Å². The van der Waals surface area contributed by atoms with Gasteiger partial charge < -0.3 is 9.47 Å². The highest BCUT2D eigenvalue weighted by atomic mass is 79.9. The number of nitro benzene ring substituents is 1. The van der Waals surface area contributed by atoms with Crippen LogP contribution in [0, 0.1) is 10.1 Å². The number of halogens is 1. The molecule has 0 saturated carbocycles. The molecular weight excluding hydrogens is 344 g/mol. The van der Waals surface area contributed by atoms with Crippen LogP contribution in [0.15, 0.2) is 30.5 Å². The van der Waals surface area contributed by atoms with Gasteiger partial charge in [0.15, 0.2) is 5.52 Å². The molecule has 110 valence electrons. The van der Waals surface area contributed by atoms with Gasteiger partial charge >= 0.3 is 5.97 Å². The van der Waals surface area contributed by atoms with Gasteiger partial charge in [-0.25, -0.2) is 4.98 Å². The minimum Gasteiger partial charge on any atom is -0.491 e. The predicted molar refractivity (Wildman–Crippen MR) is 78.6 cm³/mol. The number of nitrogens with zero attached hydrogens (tertiary/aromatic N) is 2. The van der Waals surface area contributed by atoms with E-state index in [1.807, 2.05) is 0 Å². The van der Waals surface area contributed by atoms with Crippen LogP contribution < -0.4 is 4.74 Å². The van der Waals surface area contributed by atoms with E-state index in [9.17, 15) is 14.9 Å². The van der Waals surface area contributed by atoms with E-state index >= 15 is 0 Å². The molecule has 0 fully saturated rings. The maximum Gasteiger partial charge on any atom is 0.322 e. The molecule has 2 rings (SSSR count). The van der Waals surface area contributed by atoms with E-state index in [4.69, 9.17) is 4.74 Å². The quantitative estimate of drug-likeness (QED) is 0.354. The number of non-ortho nitro benzene ring substituents is 1. The number of nitro groups is 1. The first-order valence-corrected chi connectivity index (χ1v) is 6.83. The van der Waals surface area contributed by atoms with Gasteiger partial charge in [0.25, 0.3) is 5.69 Å². The van der Waals surface area contributed by atoms with Crippen molar-refractivity contribution in [3.63, 3.8) is 0 Å². The van der Waals surface area contributed by atoms with Crippen LogP contribution in [0.1, 0.15) is 0 Å². The molecule has 0 N–H and O–H groups in total. The number of hydrogen-bond acceptors (Lipinski definition) is 6. The maximum absolute atomic E-state index is 11.3. The Morgan fingerprint density at radius 1 is 1.48 bits per heavy atom. The predicted octanol–water partition coefficient (Wildman–Crippen LogP) is 2.46. The number of aromatic nitrogens is 1. The van der Waals surface area contributed by atoms with Crippen LogP contribution in [0.4, 0.5) is 5.69 Å². The van der Waals surface area contributed by atoms with E-state index in [1.54, 1.807) is 12.1 Å². The first kappa shape index (κ1) is 15.2. The number of fused-ring (bicyclic) bond motifs is 1. The summed E-state index contributed by atoms with van der Waals surface area (Å²) in [6.07, 6.45) is 1.47. The molecule has 1 aromatic heterocycles. The van der Waals surface area contributed by atoms with Crippen LogP contribution in [-0.4, -0.2) is 34.4 Å². The largest absolute Gasteiger partial charge is 0.491 e. The summed E-state index contributed by atoms with van der Waals surface area (Å²) in [6, 6.07) is 6.14. The minimum absolute atomic E-state index is 0.0362. The zero-order chi connectivity index (χ0) is 15.4. The van der Waals surface area contributed by atoms with Crippen molar-refractivity contribution in [3.05, 3.63) is 40.6 Å². The Labute approximate surface area is 128 Å². The molecule has 7 nitrogen and oxygen atoms in total. The summed E-state index contributed by atoms with van der Waals surface area (Å²) in [7, 11) is 1.28. The molecule has 0 aliphatic carbocycles. The van der Waals surface area contributed by atoms with E-state index in [2.05, 4.69) is 25.7 Å². The van der Waals surface area contributed by atoms with Crippen molar-refractivity contribution in [1.29, 1.82) is 0 Å². The molecule has 8 heteroatoms. The van der Waals surface area contributed by atoms with E-state index in [1.165, 1.54) is 25.4 Å². The summed E-state index contributed by atoms with van der Waals surface area (Å²) < 4.78 is 10.1. The third-order valence-electron chi connectivity index (χ3n) is 2.75. The van der Waals surface area contributed by atoms with Crippen LogP contribution in [0.5, 0.6) is 5.75 Å². The van der Waals surface area contributed by atoms with Crippen molar-refractivity contribution in [3.8, 4) is 5.75 Å². The number of alkyl halides is 1. The van der Waals surface area contributed by atoms with Gasteiger partial charge in [-0.3, -0.25) is 14.9 Å². The summed E-state index contributed by atoms with van der Waals surface area (Å²) in [5, 5.41) is 11.5. The van der Waals surface area contributed by atoms with Gasteiger partial charge in [-0.15, -0.1) is 0 Å². The Kier molecular flexibility index (Phi) is 4.69. The fourth-order valence-electron chi connectivity index (χ4n) is 1.76. The second kappa shape index (κ2) is 6.49. The lowest BCUT2D eigenvalue weighted by atomic mass is 10.1. The second-order valence-corrected chi connectivity index (χ2v) is 5.15. The average molecular weight is 355 g/mol. The average Bonchev–Trinajstić information content (AvgIpc) is 2.51. The summed E-state index contributed by atoms with van der Waals surface area (Å²) in [5.41, 5.74) is 0.144. The van der Waals surface area contributed by atoms with E-state index in [0.717, 1.165) is 0 Å². The number of ether oxygens (including phenoxy) is 2. The Morgan fingerprint density at radius 3 is 2.90 bits per heavy atom. The molecule has 0 aliphatic heterocycles. The highest BCUT2D eigenvalue weighted by Crippen LogP contribution is 2.31. The van der Waals surface area contributed by atoms with Crippen LogP contribution in [0.3, 0.4) is 0 Å². The standard InChI is InChI=1S/C13H11BrN2O5/c1-20-13(17)9(14)7-21-11-5-4-10(16(18)19)12-8(11)3-2-6-15-12/h2-6,9H,7H2,1H3. The molecule has 21 heavy (non-hydrogen) atoms. The van der Waals surface area contributed by atoms with Gasteiger partial charge in [0.05, 0.1) is 12.0 Å². The highest BCUT2D eigenvalue weighted by molar-refractivity contribution is 9.10. The van der Waals surface area contributed by atoms with Crippen molar-refractivity contribution in [2.24, 2.45) is 0 Å². The number of carbonyl (C=O) groups is 1. The number of benzene rings is 1. The van der Waals surface area contributed by atoms with E-state index in [0.29, 0.717) is 11.1 Å². The zero-order valence-corrected chi connectivity index (χ0v) is 12.6. The second-order valence-electron chi connectivity index (χ2n) is 4.04. The fraction of sp³-hybridized carbons (Fsp3) is 0.231. The zero-order valence-electron chi connectivity index (χ0n) is 11.0. The van der Waals surface area contributed by atoms with Gasteiger partial charge in [0.1, 0.15) is 17.2 Å². The molecule has 0 aliphatic rings. The minimum atomic E-state index is -0.621. The summed E-state index contributed by atoms with van der Waals surface area (Å²) >= 11 is 3.14. The Morgan fingerprint density at radius 2 is 2.24 bits per heavy atom. The molecular formula is C13H11BrN2O5. The molecule has 1 atom stereocenters. The topological polar surface area (TPSA) is 91.6 Å². The Bertz CT molecular complexity index is 691. The normalized spacial score (nSPS) is 11.9. The third-order valence-corrected chi connectivity index (χ3v) is 3.39. The highest BCUT2D eigenvalue weighted by Gasteiger charge is 2.19. The van der Waals surface area contributed by atoms with E-state index < -0.39 is 15.7 Å². The van der Waals surface area contributed by atoms with Crippen molar-refractivity contribution in [1.82, 2.24) is 4.98 Å². The summed E-state index contributed by atoms with van der Waals surface area (Å²) in [6.45, 7) is 0.0362. The first-order chi connectivity index (χ1) is 10.0. The molecule has 0 spiro atoms. The van der Waals surface area contributed by atoms with Crippen molar-refractivity contribution >= 4 is 38.5 Å². The van der Waals surface area contributed by atoms with Crippen molar-refractivity contribution in [2.75, 3.05) is 13.7 Å². The SMILES string of the molecule is COC(=O)C(Br)COc1ccc([N+](=O)[O-])c2ncccc12. The van der Waals surface area contributed by atoms with Gasteiger partial charge in [0.2, 0.25) is 0 Å². The molecule has 1 unspecified atom stereocenters. The van der Waals surface area contributed by atoms with Crippen LogP contribution in [-0.2, 0) is 9.53 Å². The number of hydrogen-bond donors (Lipinski definition) is 0. The smallest absolute Gasteiger partial charge is 0.322 e. The Balaban J connectivity index is 2.31. The lowest BCUT2D eigenvalue weighted by molar-refractivity contribution is -0.383. The lowest BCUT2D eigenvalue weighted by Gasteiger charge is -2.11. The fourth-order valence-corrected chi connectivity index (χ4v) is 2.08. The summed E-state index contributed by atoms with van der Waals surface area (Å²) in [4.78, 5) is 25.2. The molecule has 1 aromatic carbocycles. The number of pyridine rings is 1. The number of esters is 1. The lowest BCUT2D eigenvalue weighted by Crippen LogP contribution is -2.23. The van der Waals surface area contributed by atoms with Crippen LogP contribution >= 0.6 is 15.9 Å². The van der Waals surface area contributed by atoms with Crippen molar-refractivity contribution < 1.29 is 19.2 Å². The molecule has 2 aromatic rings. The van der Waals surface area contributed by atoms with Crippen LogP contribution in [0.2, 0.25) is 0 Å². The molecule has 0 bridgehead atoms. The van der Waals surface area contributed by atoms with Crippen LogP contribution in [0.25, 0.3) is 10.9 Å². The molecule has 0 saturated heterocycles. The monoisotopic (exact) mass is 354 g/mol. The Hall–Kier alpha value is -2.22. The summed E-state index contributed by atoms with van der Waals surface area (Å²) in [5.74, 6) is -0.0450. The third kappa shape index (κ3) is 3.27. The van der Waals surface area contributed by atoms with Gasteiger partial charge in [-0.1, -0.05) is 15.9 Å². The first-order valence-electron chi connectivity index (χ1n) is 5.91. The number of methoxy groups -OCH3 is 1. The molecule has 1 heterocycles. The number of carbonyl (C=O) groups excluding carboxylic acids is 1. The molecule has 0 radical (unpaired) electrons. The van der Waals surface area contributed by atoms with Crippen molar-refractivity contribution in [2.45, 2.75) is 4.83 Å². The number of rotatable bonds is 5. The van der Waals surface area contributed by atoms with Gasteiger partial charge in [-0.2, -0.15) is 0 Å². The van der Waals surface area contributed by atoms with E-state index in [-0.39, 0.29) is 17.8 Å². The maximum atomic E-state index is 11.3.